The van der Waals surface area contributed by atoms with E-state index in [0.717, 1.165) is 31.7 Å². The Bertz CT molecular complexity index is 412. The van der Waals surface area contributed by atoms with E-state index in [1.165, 1.54) is 11.1 Å². The maximum absolute atomic E-state index is 5.84. The average molecular weight is 247 g/mol. The van der Waals surface area contributed by atoms with Crippen LogP contribution in [0.1, 0.15) is 45.2 Å². The largest absolute Gasteiger partial charge is 0.493 e. The molecule has 0 saturated heterocycles. The maximum atomic E-state index is 5.84. The molecule has 1 heterocycles. The molecule has 1 aromatic carbocycles. The van der Waals surface area contributed by atoms with Gasteiger partial charge >= 0.3 is 0 Å². The Morgan fingerprint density at radius 2 is 2.17 bits per heavy atom. The van der Waals surface area contributed by atoms with Crippen molar-refractivity contribution in [2.45, 2.75) is 52.0 Å². The molecule has 2 heteroatoms. The van der Waals surface area contributed by atoms with Crippen molar-refractivity contribution in [3.63, 3.8) is 0 Å². The van der Waals surface area contributed by atoms with Crippen LogP contribution >= 0.6 is 0 Å². The molecule has 1 aliphatic rings. The van der Waals surface area contributed by atoms with Crippen LogP contribution in [0.15, 0.2) is 18.2 Å². The molecular weight excluding hydrogens is 222 g/mol. The predicted octanol–water partition coefficient (Wildman–Crippen LogP) is 3.29. The predicted molar refractivity (Wildman–Crippen MR) is 76.4 cm³/mol. The van der Waals surface area contributed by atoms with Crippen molar-refractivity contribution in [3.05, 3.63) is 29.3 Å². The average Bonchev–Trinajstić information content (AvgIpc) is 2.75. The van der Waals surface area contributed by atoms with Crippen LogP contribution in [-0.2, 0) is 11.8 Å². The molecule has 2 rings (SSSR count). The van der Waals surface area contributed by atoms with E-state index >= 15 is 0 Å². The molecule has 0 spiro atoms. The number of hydrogen-bond donors (Lipinski definition) is 1. The van der Waals surface area contributed by atoms with E-state index in [9.17, 15) is 0 Å². The highest BCUT2D eigenvalue weighted by atomic mass is 16.5. The molecule has 0 saturated carbocycles. The van der Waals surface area contributed by atoms with E-state index in [2.05, 4.69) is 51.2 Å². The molecule has 0 aliphatic carbocycles. The van der Waals surface area contributed by atoms with Crippen LogP contribution in [0, 0.1) is 0 Å². The van der Waals surface area contributed by atoms with Crippen molar-refractivity contribution in [1.29, 1.82) is 0 Å². The van der Waals surface area contributed by atoms with Gasteiger partial charge in [0.25, 0.3) is 0 Å². The van der Waals surface area contributed by atoms with Gasteiger partial charge in [-0.2, -0.15) is 0 Å². The fourth-order valence-electron chi connectivity index (χ4n) is 3.04. The molecule has 2 nitrogen and oxygen atoms in total. The van der Waals surface area contributed by atoms with Crippen LogP contribution in [0.2, 0.25) is 0 Å². The fourth-order valence-corrected chi connectivity index (χ4v) is 3.04. The second kappa shape index (κ2) is 5.31. The molecule has 1 unspecified atom stereocenters. The molecule has 1 N–H and O–H groups in total. The van der Waals surface area contributed by atoms with Crippen LogP contribution in [-0.4, -0.2) is 19.2 Å². The van der Waals surface area contributed by atoms with Gasteiger partial charge in [0.2, 0.25) is 0 Å². The molecule has 100 valence electrons. The first kappa shape index (κ1) is 13.4. The Morgan fingerprint density at radius 3 is 2.89 bits per heavy atom. The zero-order valence-electron chi connectivity index (χ0n) is 12.0. The lowest BCUT2D eigenvalue weighted by molar-refractivity contribution is 0.333. The van der Waals surface area contributed by atoms with Crippen LogP contribution < -0.4 is 10.1 Å². The molecule has 0 bridgehead atoms. The Labute approximate surface area is 111 Å². The number of benzene rings is 1. The summed E-state index contributed by atoms with van der Waals surface area (Å²) in [6.07, 6.45) is 2.18. The molecule has 1 atom stereocenters. The number of hydrogen-bond acceptors (Lipinski definition) is 2. The van der Waals surface area contributed by atoms with Gasteiger partial charge in [0, 0.05) is 18.0 Å². The van der Waals surface area contributed by atoms with Crippen LogP contribution in [0.4, 0.5) is 0 Å². The third-order valence-electron chi connectivity index (χ3n) is 3.81. The highest BCUT2D eigenvalue weighted by molar-refractivity contribution is 5.47. The summed E-state index contributed by atoms with van der Waals surface area (Å²) in [6.45, 7) is 10.9. The monoisotopic (exact) mass is 247 g/mol. The number of fused-ring (bicyclic) bond motifs is 1. The number of nitrogens with one attached hydrogen (secondary N) is 1. The van der Waals surface area contributed by atoms with E-state index in [-0.39, 0.29) is 5.41 Å². The van der Waals surface area contributed by atoms with Gasteiger partial charge in [-0.15, -0.1) is 0 Å². The van der Waals surface area contributed by atoms with Gasteiger partial charge in [-0.3, -0.25) is 0 Å². The van der Waals surface area contributed by atoms with Gasteiger partial charge < -0.3 is 10.1 Å². The van der Waals surface area contributed by atoms with E-state index in [4.69, 9.17) is 4.74 Å². The fraction of sp³-hybridized carbons (Fsp3) is 0.625. The lowest BCUT2D eigenvalue weighted by Crippen LogP contribution is -2.33. The van der Waals surface area contributed by atoms with Gasteiger partial charge in [-0.25, -0.2) is 0 Å². The van der Waals surface area contributed by atoms with Gasteiger partial charge in [0.1, 0.15) is 5.75 Å². The summed E-state index contributed by atoms with van der Waals surface area (Å²) in [7, 11) is 0. The Hall–Kier alpha value is -1.02. The topological polar surface area (TPSA) is 21.3 Å². The van der Waals surface area contributed by atoms with Gasteiger partial charge in [-0.1, -0.05) is 39.0 Å². The number of ether oxygens (including phenoxy) is 1. The molecule has 1 aromatic rings. The van der Waals surface area contributed by atoms with Crippen LogP contribution in [0.25, 0.3) is 0 Å². The van der Waals surface area contributed by atoms with E-state index < -0.39 is 0 Å². The molecule has 0 fully saturated rings. The first-order valence-corrected chi connectivity index (χ1v) is 7.03. The Morgan fingerprint density at radius 1 is 1.39 bits per heavy atom. The minimum absolute atomic E-state index is 0.150. The minimum atomic E-state index is 0.150. The summed E-state index contributed by atoms with van der Waals surface area (Å²) in [6, 6.07) is 7.11. The highest BCUT2D eigenvalue weighted by Crippen LogP contribution is 2.39. The van der Waals surface area contributed by atoms with Crippen LogP contribution in [0.5, 0.6) is 5.75 Å². The van der Waals surface area contributed by atoms with E-state index in [1.807, 2.05) is 0 Å². The van der Waals surface area contributed by atoms with Gasteiger partial charge in [0.05, 0.1) is 6.61 Å². The molecule has 1 aliphatic heterocycles. The third-order valence-corrected chi connectivity index (χ3v) is 3.81. The van der Waals surface area contributed by atoms with Crippen molar-refractivity contribution >= 4 is 0 Å². The summed E-state index contributed by atoms with van der Waals surface area (Å²) < 4.78 is 5.84. The summed E-state index contributed by atoms with van der Waals surface area (Å²) >= 11 is 0. The summed E-state index contributed by atoms with van der Waals surface area (Å²) in [5.41, 5.74) is 2.89. The van der Waals surface area contributed by atoms with Crippen molar-refractivity contribution in [2.24, 2.45) is 0 Å². The second-order valence-corrected chi connectivity index (χ2v) is 5.94. The quantitative estimate of drug-likeness (QED) is 0.862. The Kier molecular flexibility index (Phi) is 3.96. The SMILES string of the molecule is CCNC(C)CC(C)(C)c1cccc2c1OCC2. The van der Waals surface area contributed by atoms with Crippen molar-refractivity contribution in [3.8, 4) is 5.75 Å². The lowest BCUT2D eigenvalue weighted by Gasteiger charge is -2.30. The normalized spacial score (nSPS) is 16.2. The van der Waals surface area contributed by atoms with Gasteiger partial charge in [-0.05, 0) is 30.9 Å². The molecule has 18 heavy (non-hydrogen) atoms. The molecular formula is C16H25NO. The molecule has 0 radical (unpaired) electrons. The lowest BCUT2D eigenvalue weighted by atomic mass is 9.78. The molecule has 0 aromatic heterocycles. The van der Waals surface area contributed by atoms with Crippen molar-refractivity contribution in [2.75, 3.05) is 13.2 Å². The zero-order valence-corrected chi connectivity index (χ0v) is 12.0. The first-order chi connectivity index (χ1) is 8.54. The minimum Gasteiger partial charge on any atom is -0.493 e. The van der Waals surface area contributed by atoms with E-state index in [1.54, 1.807) is 0 Å². The zero-order chi connectivity index (χ0) is 13.2. The second-order valence-electron chi connectivity index (χ2n) is 5.94. The summed E-state index contributed by atoms with van der Waals surface area (Å²) in [4.78, 5) is 0. The molecule has 0 amide bonds. The number of rotatable bonds is 5. The third kappa shape index (κ3) is 2.69. The standard InChI is InChI=1S/C16H25NO/c1-5-17-12(2)11-16(3,4)14-8-6-7-13-9-10-18-15(13)14/h6-8,12,17H,5,9-11H2,1-4H3. The number of para-hydroxylation sites is 1. The van der Waals surface area contributed by atoms with Gasteiger partial charge in [0.15, 0.2) is 0 Å². The summed E-state index contributed by atoms with van der Waals surface area (Å²) in [5, 5.41) is 3.50. The smallest absolute Gasteiger partial charge is 0.126 e. The van der Waals surface area contributed by atoms with E-state index in [0.29, 0.717) is 6.04 Å². The highest BCUT2D eigenvalue weighted by Gasteiger charge is 2.29. The van der Waals surface area contributed by atoms with Crippen LogP contribution in [0.3, 0.4) is 0 Å². The maximum Gasteiger partial charge on any atom is 0.126 e. The first-order valence-electron chi connectivity index (χ1n) is 7.03. The van der Waals surface area contributed by atoms with Crippen molar-refractivity contribution < 1.29 is 4.74 Å². The summed E-state index contributed by atoms with van der Waals surface area (Å²) in [5.74, 6) is 1.14. The van der Waals surface area contributed by atoms with Crippen molar-refractivity contribution in [1.82, 2.24) is 5.32 Å². The Balaban J connectivity index is 2.22.